The highest BCUT2D eigenvalue weighted by Crippen LogP contribution is 2.23. The Kier molecular flexibility index (Phi) is 5.25. The first-order valence-electron chi connectivity index (χ1n) is 6.19. The predicted octanol–water partition coefficient (Wildman–Crippen LogP) is 4.21. The fraction of sp³-hybridized carbons (Fsp3) is 0.133. The van der Waals surface area contributed by atoms with Crippen LogP contribution in [0.4, 0.5) is 15.8 Å². The summed E-state index contributed by atoms with van der Waals surface area (Å²) in [6.45, 7) is 1.95. The largest absolute Gasteiger partial charge is 0.399 e. The fourth-order valence-electron chi connectivity index (χ4n) is 1.74. The molecule has 2 aromatic carbocycles. The van der Waals surface area contributed by atoms with Gasteiger partial charge in [0.1, 0.15) is 5.82 Å². The molecule has 0 atom stereocenters. The van der Waals surface area contributed by atoms with Gasteiger partial charge in [0.25, 0.3) is 0 Å². The molecule has 0 aromatic heterocycles. The molecular weight excluding hydrogens is 355 g/mol. The number of anilines is 2. The van der Waals surface area contributed by atoms with Gasteiger partial charge in [-0.2, -0.15) is 0 Å². The van der Waals surface area contributed by atoms with E-state index in [1.807, 2.05) is 25.1 Å². The van der Waals surface area contributed by atoms with Crippen LogP contribution in [0.1, 0.15) is 5.56 Å². The summed E-state index contributed by atoms with van der Waals surface area (Å²) in [7, 11) is 0. The number of nitrogens with two attached hydrogens (primary N) is 1. The van der Waals surface area contributed by atoms with Gasteiger partial charge in [0.2, 0.25) is 5.91 Å². The third-order valence-electron chi connectivity index (χ3n) is 2.71. The van der Waals surface area contributed by atoms with Crippen molar-refractivity contribution in [3.63, 3.8) is 0 Å². The van der Waals surface area contributed by atoms with Crippen LogP contribution in [0, 0.1) is 12.7 Å². The second kappa shape index (κ2) is 6.95. The average molecular weight is 369 g/mol. The van der Waals surface area contributed by atoms with Gasteiger partial charge in [-0.05, 0) is 48.9 Å². The van der Waals surface area contributed by atoms with Gasteiger partial charge in [-0.3, -0.25) is 4.79 Å². The minimum absolute atomic E-state index is 0.149. The Morgan fingerprint density at radius 3 is 2.76 bits per heavy atom. The van der Waals surface area contributed by atoms with Crippen LogP contribution in [0.2, 0.25) is 0 Å². The molecule has 3 nitrogen and oxygen atoms in total. The van der Waals surface area contributed by atoms with Gasteiger partial charge in [0.05, 0.1) is 5.75 Å². The van der Waals surface area contributed by atoms with E-state index in [0.717, 1.165) is 15.7 Å². The summed E-state index contributed by atoms with van der Waals surface area (Å²) in [6.07, 6.45) is 0. The van der Waals surface area contributed by atoms with E-state index in [1.165, 1.54) is 23.9 Å². The Labute approximate surface area is 135 Å². The number of nitrogens with one attached hydrogen (secondary N) is 1. The van der Waals surface area contributed by atoms with Gasteiger partial charge in [0.15, 0.2) is 0 Å². The van der Waals surface area contributed by atoms with Gasteiger partial charge in [-0.15, -0.1) is 11.8 Å². The highest BCUT2D eigenvalue weighted by molar-refractivity contribution is 9.10. The molecule has 2 aromatic rings. The maximum Gasteiger partial charge on any atom is 0.234 e. The maximum absolute atomic E-state index is 13.2. The first-order chi connectivity index (χ1) is 9.94. The molecule has 0 radical (unpaired) electrons. The van der Waals surface area contributed by atoms with Crippen molar-refractivity contribution in [2.24, 2.45) is 0 Å². The third kappa shape index (κ3) is 4.75. The van der Waals surface area contributed by atoms with Gasteiger partial charge < -0.3 is 11.1 Å². The molecule has 3 N–H and O–H groups in total. The van der Waals surface area contributed by atoms with Gasteiger partial charge in [0, 0.05) is 20.7 Å². The normalized spacial score (nSPS) is 10.4. The Balaban J connectivity index is 1.94. The van der Waals surface area contributed by atoms with Crippen LogP contribution in [0.25, 0.3) is 0 Å². The number of amides is 1. The number of aryl methyl sites for hydroxylation is 1. The number of rotatable bonds is 4. The number of nitrogen functional groups attached to an aromatic ring is 1. The smallest absolute Gasteiger partial charge is 0.234 e. The molecule has 6 heteroatoms. The molecular formula is C15H14BrFN2OS. The topological polar surface area (TPSA) is 55.1 Å². The summed E-state index contributed by atoms with van der Waals surface area (Å²) >= 11 is 4.65. The van der Waals surface area contributed by atoms with E-state index in [4.69, 9.17) is 5.73 Å². The summed E-state index contributed by atoms with van der Waals surface area (Å²) in [5.41, 5.74) is 7.69. The van der Waals surface area contributed by atoms with Crippen molar-refractivity contribution in [2.45, 2.75) is 11.8 Å². The molecule has 0 fully saturated rings. The van der Waals surface area contributed by atoms with Crippen molar-refractivity contribution in [3.8, 4) is 0 Å². The van der Waals surface area contributed by atoms with E-state index < -0.39 is 5.82 Å². The first kappa shape index (κ1) is 15.9. The van der Waals surface area contributed by atoms with Crippen molar-refractivity contribution >= 4 is 45.0 Å². The minimum atomic E-state index is -0.401. The number of hydrogen-bond acceptors (Lipinski definition) is 3. The molecule has 0 aliphatic rings. The van der Waals surface area contributed by atoms with E-state index in [2.05, 4.69) is 21.2 Å². The molecule has 0 saturated carbocycles. The maximum atomic E-state index is 13.2. The molecule has 0 aliphatic heterocycles. The molecule has 0 bridgehead atoms. The lowest BCUT2D eigenvalue weighted by Gasteiger charge is -2.07. The van der Waals surface area contributed by atoms with Crippen molar-refractivity contribution < 1.29 is 9.18 Å². The van der Waals surface area contributed by atoms with Crippen LogP contribution >= 0.6 is 27.7 Å². The van der Waals surface area contributed by atoms with E-state index in [0.29, 0.717) is 10.6 Å². The van der Waals surface area contributed by atoms with Crippen LogP contribution in [-0.2, 0) is 4.79 Å². The van der Waals surface area contributed by atoms with Crippen molar-refractivity contribution in [1.82, 2.24) is 0 Å². The van der Waals surface area contributed by atoms with Crippen LogP contribution in [0.3, 0.4) is 0 Å². The molecule has 1 amide bonds. The number of carbonyl (C=O) groups excluding carboxylic acids is 1. The van der Waals surface area contributed by atoms with E-state index in [1.54, 1.807) is 6.07 Å². The standard InChI is InChI=1S/C15H14BrFN2OS/c1-9-4-12(2-3-14(9)16)19-15(20)8-21-13-6-10(17)5-11(18)7-13/h2-7H,8,18H2,1H3,(H,19,20). The van der Waals surface area contributed by atoms with Crippen molar-refractivity contribution in [2.75, 3.05) is 16.8 Å². The summed E-state index contributed by atoms with van der Waals surface area (Å²) in [4.78, 5) is 12.5. The minimum Gasteiger partial charge on any atom is -0.399 e. The average Bonchev–Trinajstić information content (AvgIpc) is 2.40. The van der Waals surface area contributed by atoms with Crippen molar-refractivity contribution in [1.29, 1.82) is 0 Å². The second-order valence-corrected chi connectivity index (χ2v) is 6.42. The van der Waals surface area contributed by atoms with Crippen LogP contribution < -0.4 is 11.1 Å². The Hall–Kier alpha value is -1.53. The van der Waals surface area contributed by atoms with E-state index >= 15 is 0 Å². The quantitative estimate of drug-likeness (QED) is 0.627. The number of carbonyl (C=O) groups is 1. The second-order valence-electron chi connectivity index (χ2n) is 4.52. The lowest BCUT2D eigenvalue weighted by Crippen LogP contribution is -2.14. The molecule has 0 spiro atoms. The van der Waals surface area contributed by atoms with Gasteiger partial charge in [-0.1, -0.05) is 15.9 Å². The monoisotopic (exact) mass is 368 g/mol. The number of benzene rings is 2. The Morgan fingerprint density at radius 1 is 1.33 bits per heavy atom. The zero-order chi connectivity index (χ0) is 15.4. The van der Waals surface area contributed by atoms with Gasteiger partial charge in [-0.25, -0.2) is 4.39 Å². The SMILES string of the molecule is Cc1cc(NC(=O)CSc2cc(N)cc(F)c2)ccc1Br. The summed E-state index contributed by atoms with van der Waals surface area (Å²) < 4.78 is 14.2. The highest BCUT2D eigenvalue weighted by Gasteiger charge is 2.06. The first-order valence-corrected chi connectivity index (χ1v) is 7.97. The van der Waals surface area contributed by atoms with Crippen LogP contribution in [0.15, 0.2) is 45.8 Å². The molecule has 110 valence electrons. The number of thioether (sulfide) groups is 1. The van der Waals surface area contributed by atoms with E-state index in [-0.39, 0.29) is 11.7 Å². The van der Waals surface area contributed by atoms with Gasteiger partial charge >= 0.3 is 0 Å². The predicted molar refractivity (Wildman–Crippen MR) is 89.0 cm³/mol. The molecule has 0 heterocycles. The highest BCUT2D eigenvalue weighted by atomic mass is 79.9. The van der Waals surface area contributed by atoms with Crippen molar-refractivity contribution in [3.05, 3.63) is 52.3 Å². The fourth-order valence-corrected chi connectivity index (χ4v) is 2.77. The summed E-state index contributed by atoms with van der Waals surface area (Å²) in [5, 5.41) is 2.80. The Bertz CT molecular complexity index is 658. The van der Waals surface area contributed by atoms with Crippen LogP contribution in [0.5, 0.6) is 0 Å². The van der Waals surface area contributed by atoms with E-state index in [9.17, 15) is 9.18 Å². The number of hydrogen-bond donors (Lipinski definition) is 2. The lowest BCUT2D eigenvalue weighted by molar-refractivity contribution is -0.113. The zero-order valence-electron chi connectivity index (χ0n) is 11.3. The lowest BCUT2D eigenvalue weighted by atomic mass is 10.2. The zero-order valence-corrected chi connectivity index (χ0v) is 13.7. The molecule has 0 aliphatic carbocycles. The van der Waals surface area contributed by atoms with Crippen LogP contribution in [-0.4, -0.2) is 11.7 Å². The Morgan fingerprint density at radius 2 is 2.10 bits per heavy atom. The molecule has 21 heavy (non-hydrogen) atoms. The third-order valence-corrected chi connectivity index (χ3v) is 4.57. The summed E-state index contributed by atoms with van der Waals surface area (Å²) in [6, 6.07) is 9.83. The summed E-state index contributed by atoms with van der Waals surface area (Å²) in [5.74, 6) is -0.358. The number of halogens is 2. The molecule has 0 unspecified atom stereocenters. The molecule has 2 rings (SSSR count). The molecule has 0 saturated heterocycles.